The van der Waals surface area contributed by atoms with Crippen molar-refractivity contribution in [2.24, 2.45) is 0 Å². The van der Waals surface area contributed by atoms with E-state index in [2.05, 4.69) is 9.88 Å². The van der Waals surface area contributed by atoms with Crippen LogP contribution in [0, 0.1) is 12.7 Å². The van der Waals surface area contributed by atoms with Gasteiger partial charge in [0, 0.05) is 24.7 Å². The van der Waals surface area contributed by atoms with E-state index in [0.717, 1.165) is 17.7 Å². The molecule has 3 heterocycles. The van der Waals surface area contributed by atoms with Crippen molar-refractivity contribution in [2.45, 2.75) is 82.4 Å². The molecule has 5 rings (SSSR count). The van der Waals surface area contributed by atoms with Crippen LogP contribution in [0.3, 0.4) is 0 Å². The highest BCUT2D eigenvalue weighted by Crippen LogP contribution is 2.44. The van der Waals surface area contributed by atoms with Crippen LogP contribution in [0.4, 0.5) is 42.2 Å². The predicted molar refractivity (Wildman–Crippen MR) is 152 cm³/mol. The molecule has 2 saturated heterocycles. The lowest BCUT2D eigenvalue weighted by Gasteiger charge is -2.38. The summed E-state index contributed by atoms with van der Waals surface area (Å²) < 4.78 is 95.8. The van der Waals surface area contributed by atoms with E-state index in [9.17, 15) is 40.6 Å². The van der Waals surface area contributed by atoms with Crippen molar-refractivity contribution >= 4 is 17.4 Å². The largest absolute Gasteiger partial charge is 0.416 e. The van der Waals surface area contributed by atoms with E-state index >= 15 is 0 Å². The van der Waals surface area contributed by atoms with Crippen molar-refractivity contribution in [3.63, 3.8) is 0 Å². The van der Waals surface area contributed by atoms with E-state index in [1.54, 1.807) is 19.1 Å². The van der Waals surface area contributed by atoms with Crippen LogP contribution in [0.2, 0.25) is 0 Å². The highest BCUT2D eigenvalue weighted by Gasteiger charge is 2.43. The maximum Gasteiger partial charge on any atom is 0.416 e. The van der Waals surface area contributed by atoms with Crippen LogP contribution in [-0.4, -0.2) is 41.2 Å². The van der Waals surface area contributed by atoms with Gasteiger partial charge in [-0.3, -0.25) is 4.79 Å². The Hall–Kier alpha value is -3.67. The second-order valence-electron chi connectivity index (χ2n) is 12.2. The minimum Gasteiger partial charge on any atom is -0.393 e. The summed E-state index contributed by atoms with van der Waals surface area (Å²) in [6.45, 7) is 4.22. The van der Waals surface area contributed by atoms with Gasteiger partial charge in [0.05, 0.1) is 34.5 Å². The maximum atomic E-state index is 14.1. The fourth-order valence-electron chi connectivity index (χ4n) is 6.48. The third-order valence-electron chi connectivity index (χ3n) is 8.83. The zero-order valence-electron chi connectivity index (χ0n) is 24.5. The van der Waals surface area contributed by atoms with Crippen LogP contribution in [0.15, 0.2) is 48.7 Å². The molecule has 0 radical (unpaired) electrons. The van der Waals surface area contributed by atoms with Crippen molar-refractivity contribution in [2.75, 3.05) is 16.8 Å². The Morgan fingerprint density at radius 2 is 1.43 bits per heavy atom. The number of alkyl halides is 6. The Morgan fingerprint density at radius 3 is 1.95 bits per heavy atom. The van der Waals surface area contributed by atoms with E-state index in [1.807, 2.05) is 0 Å². The molecule has 3 atom stereocenters. The van der Waals surface area contributed by atoms with E-state index in [1.165, 1.54) is 39.2 Å². The lowest BCUT2D eigenvalue weighted by atomic mass is 9.81. The summed E-state index contributed by atoms with van der Waals surface area (Å²) >= 11 is 0. The molecule has 0 unspecified atom stereocenters. The molecule has 0 aliphatic carbocycles. The summed E-state index contributed by atoms with van der Waals surface area (Å²) in [7, 11) is 1.38. The van der Waals surface area contributed by atoms with Crippen molar-refractivity contribution in [3.05, 3.63) is 76.7 Å². The number of benzene rings is 2. The molecular formula is C32H32F7N3O2. The van der Waals surface area contributed by atoms with Crippen molar-refractivity contribution in [3.8, 4) is 11.1 Å². The molecule has 44 heavy (non-hydrogen) atoms. The van der Waals surface area contributed by atoms with E-state index in [0.29, 0.717) is 47.5 Å². The first-order valence-corrected chi connectivity index (χ1v) is 14.2. The van der Waals surface area contributed by atoms with Crippen LogP contribution in [0.1, 0.15) is 61.8 Å². The zero-order chi connectivity index (χ0) is 32.4. The second-order valence-corrected chi connectivity index (χ2v) is 12.2. The predicted octanol–water partition coefficient (Wildman–Crippen LogP) is 7.67. The third kappa shape index (κ3) is 5.88. The summed E-state index contributed by atoms with van der Waals surface area (Å²) in [5, 5.41) is 10.3. The molecule has 236 valence electrons. The van der Waals surface area contributed by atoms with Gasteiger partial charge in [0.15, 0.2) is 0 Å². The number of halogens is 7. The monoisotopic (exact) mass is 623 g/mol. The zero-order valence-corrected chi connectivity index (χ0v) is 24.5. The van der Waals surface area contributed by atoms with Gasteiger partial charge in [0.2, 0.25) is 5.91 Å². The Morgan fingerprint density at radius 1 is 0.886 bits per heavy atom. The summed E-state index contributed by atoms with van der Waals surface area (Å²) in [6.07, 6.45) is -6.21. The number of rotatable bonds is 5. The average molecular weight is 624 g/mol. The van der Waals surface area contributed by atoms with Gasteiger partial charge in [-0.2, -0.15) is 26.3 Å². The number of anilines is 2. The number of aromatic nitrogens is 1. The average Bonchev–Trinajstić information content (AvgIpc) is 3.21. The number of aliphatic hydroxyl groups excluding tert-OH is 1. The maximum absolute atomic E-state index is 14.1. The van der Waals surface area contributed by atoms with Gasteiger partial charge in [-0.05, 0) is 99.5 Å². The molecule has 0 saturated carbocycles. The highest BCUT2D eigenvalue weighted by atomic mass is 19.4. The van der Waals surface area contributed by atoms with Gasteiger partial charge in [-0.15, -0.1) is 0 Å². The summed E-state index contributed by atoms with van der Waals surface area (Å²) in [4.78, 5) is 21.9. The van der Waals surface area contributed by atoms with Crippen LogP contribution >= 0.6 is 0 Å². The molecule has 1 aromatic heterocycles. The van der Waals surface area contributed by atoms with E-state index < -0.39 is 52.3 Å². The number of likely N-dealkylation sites (N-methyl/N-ethyl adjacent to an activating group) is 1. The topological polar surface area (TPSA) is 56.7 Å². The second kappa shape index (κ2) is 11.0. The first kappa shape index (κ1) is 31.7. The number of piperidine rings is 1. The molecule has 2 aromatic carbocycles. The molecule has 1 amide bonds. The van der Waals surface area contributed by atoms with Gasteiger partial charge >= 0.3 is 12.4 Å². The van der Waals surface area contributed by atoms with Crippen molar-refractivity contribution in [1.29, 1.82) is 0 Å². The molecule has 1 N–H and O–H groups in total. The van der Waals surface area contributed by atoms with Crippen LogP contribution in [0.25, 0.3) is 11.1 Å². The number of fused-ring (bicyclic) bond motifs is 2. The summed E-state index contributed by atoms with van der Waals surface area (Å²) in [5.41, 5.74) is -3.45. The molecule has 2 bridgehead atoms. The Labute approximate surface area is 250 Å². The summed E-state index contributed by atoms with van der Waals surface area (Å²) in [5.74, 6) is -0.651. The third-order valence-corrected chi connectivity index (χ3v) is 8.83. The Balaban J connectivity index is 1.60. The quantitative estimate of drug-likeness (QED) is 0.297. The fraction of sp³-hybridized carbons (Fsp3) is 0.438. The molecule has 2 fully saturated rings. The number of hydrogen-bond donors (Lipinski definition) is 1. The van der Waals surface area contributed by atoms with Gasteiger partial charge < -0.3 is 14.9 Å². The molecule has 2 aliphatic heterocycles. The smallest absolute Gasteiger partial charge is 0.393 e. The lowest BCUT2D eigenvalue weighted by Crippen LogP contribution is -2.45. The van der Waals surface area contributed by atoms with Gasteiger partial charge in [0.25, 0.3) is 0 Å². The van der Waals surface area contributed by atoms with Crippen molar-refractivity contribution in [1.82, 2.24) is 4.98 Å². The van der Waals surface area contributed by atoms with Crippen LogP contribution < -0.4 is 9.80 Å². The van der Waals surface area contributed by atoms with Gasteiger partial charge in [0.1, 0.15) is 11.6 Å². The first-order chi connectivity index (χ1) is 20.4. The Bertz CT molecular complexity index is 1540. The minimum atomic E-state index is -5.07. The molecule has 0 spiro atoms. The number of hydrogen-bond acceptors (Lipinski definition) is 4. The fourth-order valence-corrected chi connectivity index (χ4v) is 6.48. The SMILES string of the molecule is Cc1cc(F)ccc1-c1cc(N2[C@@H]3CC[C@H]2C[C@@H](O)C3)ncc1N(C)C(=O)C(C)(C)c1cc(C(F)(F)F)cc(C(F)(F)F)c1. The lowest BCUT2D eigenvalue weighted by molar-refractivity contribution is -0.143. The highest BCUT2D eigenvalue weighted by molar-refractivity contribution is 6.03. The van der Waals surface area contributed by atoms with E-state index in [4.69, 9.17) is 0 Å². The minimum absolute atomic E-state index is 0.0263. The van der Waals surface area contributed by atoms with Crippen molar-refractivity contribution < 1.29 is 40.6 Å². The van der Waals surface area contributed by atoms with E-state index in [-0.39, 0.29) is 23.8 Å². The number of pyridine rings is 1. The normalized spacial score (nSPS) is 20.6. The first-order valence-electron chi connectivity index (χ1n) is 14.2. The molecule has 5 nitrogen and oxygen atoms in total. The molecular weight excluding hydrogens is 591 g/mol. The van der Waals surface area contributed by atoms with Gasteiger partial charge in [-0.1, -0.05) is 6.07 Å². The number of carbonyl (C=O) groups is 1. The number of carbonyl (C=O) groups excluding carboxylic acids is 1. The number of aliphatic hydroxyl groups is 1. The summed E-state index contributed by atoms with van der Waals surface area (Å²) in [6, 6.07) is 7.18. The Kier molecular flexibility index (Phi) is 7.97. The number of aryl methyl sites for hydroxylation is 1. The van der Waals surface area contributed by atoms with Crippen LogP contribution in [0.5, 0.6) is 0 Å². The molecule has 3 aromatic rings. The van der Waals surface area contributed by atoms with Gasteiger partial charge in [-0.25, -0.2) is 9.37 Å². The number of nitrogens with zero attached hydrogens (tertiary/aromatic N) is 3. The number of amides is 1. The van der Waals surface area contributed by atoms with Crippen LogP contribution in [-0.2, 0) is 22.6 Å². The molecule has 12 heteroatoms. The molecule has 2 aliphatic rings. The standard InChI is InChI=1S/C32H32F7N3O2/c1-17-9-21(33)5-8-25(17)26-15-28(42-22-6-7-23(42)14-24(43)13-22)40-16-27(26)41(4)29(44)30(2,3)18-10-19(31(34,35)36)12-20(11-18)32(37,38)39/h5,8-12,15-16,22-24,43H,6-7,13-14H2,1-4H3/t22-,23+,24+.